The van der Waals surface area contributed by atoms with Crippen LogP contribution in [0.3, 0.4) is 0 Å². The van der Waals surface area contributed by atoms with Crippen molar-refractivity contribution in [2.45, 2.75) is 44.3 Å². The monoisotopic (exact) mass is 218 g/mol. The summed E-state index contributed by atoms with van der Waals surface area (Å²) in [5.41, 5.74) is 0. The number of carbonyl (C=O) groups is 2. The van der Waals surface area contributed by atoms with Gasteiger partial charge in [0.25, 0.3) is 6.43 Å². The van der Waals surface area contributed by atoms with Gasteiger partial charge in [-0.15, -0.1) is 0 Å². The summed E-state index contributed by atoms with van der Waals surface area (Å²) >= 11 is 0. The number of alkyl halides is 2. The molecule has 5 heteroatoms. The Hall–Kier alpha value is -0.840. The summed E-state index contributed by atoms with van der Waals surface area (Å²) in [5, 5.41) is 0. The van der Waals surface area contributed by atoms with Crippen LogP contribution in [0.2, 0.25) is 0 Å². The molecule has 0 N–H and O–H groups in total. The highest BCUT2D eigenvalue weighted by Crippen LogP contribution is 2.39. The zero-order valence-electron chi connectivity index (χ0n) is 8.12. The molecule has 2 heterocycles. The maximum absolute atomic E-state index is 11.9. The van der Waals surface area contributed by atoms with E-state index in [2.05, 4.69) is 0 Å². The Morgan fingerprint density at radius 2 is 2.07 bits per heavy atom. The molecule has 0 aromatic carbocycles. The molecule has 84 valence electrons. The van der Waals surface area contributed by atoms with Crippen LogP contribution in [-0.2, 0) is 14.3 Å². The summed E-state index contributed by atoms with van der Waals surface area (Å²) in [6, 6.07) is 0. The fourth-order valence-corrected chi connectivity index (χ4v) is 2.36. The second-order valence-electron chi connectivity index (χ2n) is 4.13. The summed E-state index contributed by atoms with van der Waals surface area (Å²) in [6.45, 7) is 0. The largest absolute Gasteiger partial charge is 0.374 e. The quantitative estimate of drug-likeness (QED) is 0.669. The summed E-state index contributed by atoms with van der Waals surface area (Å²) < 4.78 is 29.3. The molecular weight excluding hydrogens is 206 g/mol. The molecule has 2 fully saturated rings. The number of ether oxygens (including phenoxy) is 1. The first-order valence-electron chi connectivity index (χ1n) is 5.07. The van der Waals surface area contributed by atoms with E-state index in [9.17, 15) is 18.4 Å². The third-order valence-corrected chi connectivity index (χ3v) is 3.11. The van der Waals surface area contributed by atoms with Crippen LogP contribution >= 0.6 is 0 Å². The Bertz CT molecular complexity index is 290. The van der Waals surface area contributed by atoms with E-state index in [1.54, 1.807) is 0 Å². The zero-order chi connectivity index (χ0) is 11.0. The normalized spacial score (nSPS) is 33.7. The molecule has 2 rings (SSSR count). The Kier molecular flexibility index (Phi) is 2.82. The van der Waals surface area contributed by atoms with Crippen LogP contribution in [0.4, 0.5) is 8.78 Å². The minimum absolute atomic E-state index is 0.102. The molecule has 0 aliphatic carbocycles. The minimum Gasteiger partial charge on any atom is -0.374 e. The molecule has 0 radical (unpaired) electrons. The molecule has 2 saturated heterocycles. The van der Waals surface area contributed by atoms with Crippen LogP contribution in [-0.4, -0.2) is 30.2 Å². The molecule has 3 nitrogen and oxygen atoms in total. The molecule has 2 bridgehead atoms. The van der Waals surface area contributed by atoms with Crippen LogP contribution in [0.25, 0.3) is 0 Å². The van der Waals surface area contributed by atoms with Gasteiger partial charge in [-0.05, 0) is 19.3 Å². The average Bonchev–Trinajstić information content (AvgIpc) is 2.78. The van der Waals surface area contributed by atoms with E-state index in [0.717, 1.165) is 12.8 Å². The van der Waals surface area contributed by atoms with Gasteiger partial charge in [0.15, 0.2) is 0 Å². The van der Waals surface area contributed by atoms with E-state index in [0.29, 0.717) is 6.42 Å². The topological polar surface area (TPSA) is 43.4 Å². The number of Topliss-reactive ketones (excluding diaryl/α,β-unsaturated/α-hetero) is 2. The highest BCUT2D eigenvalue weighted by molar-refractivity contribution is 6.01. The summed E-state index contributed by atoms with van der Waals surface area (Å²) in [5.74, 6) is -1.98. The van der Waals surface area contributed by atoms with Gasteiger partial charge in [0, 0.05) is 5.92 Å². The Labute approximate surface area is 85.8 Å². The van der Waals surface area contributed by atoms with Crippen molar-refractivity contribution in [3.63, 3.8) is 0 Å². The number of carbonyl (C=O) groups excluding carboxylic acids is 2. The Morgan fingerprint density at radius 1 is 1.33 bits per heavy atom. The number of hydrogen-bond donors (Lipinski definition) is 0. The van der Waals surface area contributed by atoms with Crippen molar-refractivity contribution in [1.29, 1.82) is 0 Å². The van der Waals surface area contributed by atoms with Crippen molar-refractivity contribution in [2.75, 3.05) is 0 Å². The van der Waals surface area contributed by atoms with Gasteiger partial charge in [0.05, 0.1) is 18.6 Å². The number of ketones is 2. The van der Waals surface area contributed by atoms with Crippen molar-refractivity contribution in [3.05, 3.63) is 0 Å². The van der Waals surface area contributed by atoms with E-state index in [4.69, 9.17) is 4.74 Å². The van der Waals surface area contributed by atoms with Gasteiger partial charge in [0.1, 0.15) is 5.78 Å². The van der Waals surface area contributed by atoms with E-state index in [1.807, 2.05) is 0 Å². The highest BCUT2D eigenvalue weighted by atomic mass is 19.3. The van der Waals surface area contributed by atoms with Crippen LogP contribution in [0, 0.1) is 5.92 Å². The SMILES string of the molecule is O=C(CC(=O)C1CC2CCC1O2)C(F)F. The number of fused-ring (bicyclic) bond motifs is 2. The van der Waals surface area contributed by atoms with Crippen molar-refractivity contribution >= 4 is 11.6 Å². The Balaban J connectivity index is 1.89. The van der Waals surface area contributed by atoms with Crippen molar-refractivity contribution in [3.8, 4) is 0 Å². The molecule has 3 unspecified atom stereocenters. The van der Waals surface area contributed by atoms with Gasteiger partial charge in [-0.25, -0.2) is 8.78 Å². The molecule has 0 aromatic rings. The zero-order valence-corrected chi connectivity index (χ0v) is 8.12. The van der Waals surface area contributed by atoms with E-state index in [-0.39, 0.29) is 23.9 Å². The van der Waals surface area contributed by atoms with Crippen molar-refractivity contribution in [1.82, 2.24) is 0 Å². The average molecular weight is 218 g/mol. The second-order valence-corrected chi connectivity index (χ2v) is 4.13. The van der Waals surface area contributed by atoms with E-state index >= 15 is 0 Å². The molecule has 15 heavy (non-hydrogen) atoms. The first kappa shape index (κ1) is 10.7. The third kappa shape index (κ3) is 2.07. The maximum Gasteiger partial charge on any atom is 0.296 e. The van der Waals surface area contributed by atoms with Crippen LogP contribution in [0.15, 0.2) is 0 Å². The molecule has 3 atom stereocenters. The van der Waals surface area contributed by atoms with Crippen molar-refractivity contribution in [2.24, 2.45) is 5.92 Å². The number of hydrogen-bond acceptors (Lipinski definition) is 3. The molecule has 0 spiro atoms. The first-order valence-corrected chi connectivity index (χ1v) is 5.07. The highest BCUT2D eigenvalue weighted by Gasteiger charge is 2.44. The lowest BCUT2D eigenvalue weighted by Gasteiger charge is -2.16. The van der Waals surface area contributed by atoms with Crippen LogP contribution < -0.4 is 0 Å². The molecular formula is C10H12F2O3. The minimum atomic E-state index is -3.03. The van der Waals surface area contributed by atoms with E-state index < -0.39 is 18.6 Å². The fraction of sp³-hybridized carbons (Fsp3) is 0.800. The standard InChI is InChI=1S/C10H12F2O3/c11-10(12)8(14)4-7(13)6-3-5-1-2-9(6)15-5/h5-6,9-10H,1-4H2. The molecule has 0 amide bonds. The van der Waals surface area contributed by atoms with Gasteiger partial charge in [-0.1, -0.05) is 0 Å². The lowest BCUT2D eigenvalue weighted by molar-refractivity contribution is -0.136. The second kappa shape index (κ2) is 3.96. The van der Waals surface area contributed by atoms with Gasteiger partial charge in [0.2, 0.25) is 5.78 Å². The van der Waals surface area contributed by atoms with Gasteiger partial charge >= 0.3 is 0 Å². The fourth-order valence-electron chi connectivity index (χ4n) is 2.36. The molecule has 2 aliphatic rings. The first-order chi connectivity index (χ1) is 7.08. The smallest absolute Gasteiger partial charge is 0.296 e. The maximum atomic E-state index is 11.9. The predicted octanol–water partition coefficient (Wildman–Crippen LogP) is 1.35. The lowest BCUT2D eigenvalue weighted by Crippen LogP contribution is -2.28. The van der Waals surface area contributed by atoms with Gasteiger partial charge in [-0.2, -0.15) is 0 Å². The summed E-state index contributed by atoms with van der Waals surface area (Å²) in [7, 11) is 0. The van der Waals surface area contributed by atoms with E-state index in [1.165, 1.54) is 0 Å². The summed E-state index contributed by atoms with van der Waals surface area (Å²) in [6.07, 6.45) is -1.36. The van der Waals surface area contributed by atoms with Crippen molar-refractivity contribution < 1.29 is 23.1 Å². The van der Waals surface area contributed by atoms with Gasteiger partial charge in [-0.3, -0.25) is 9.59 Å². The van der Waals surface area contributed by atoms with Crippen LogP contribution in [0.1, 0.15) is 25.7 Å². The molecule has 0 aromatic heterocycles. The molecule has 2 aliphatic heterocycles. The Morgan fingerprint density at radius 3 is 2.53 bits per heavy atom. The number of halogens is 2. The number of rotatable bonds is 4. The lowest BCUT2D eigenvalue weighted by atomic mass is 9.84. The summed E-state index contributed by atoms with van der Waals surface area (Å²) in [4.78, 5) is 22.2. The third-order valence-electron chi connectivity index (χ3n) is 3.11. The van der Waals surface area contributed by atoms with Gasteiger partial charge < -0.3 is 4.74 Å². The van der Waals surface area contributed by atoms with Crippen LogP contribution in [0.5, 0.6) is 0 Å². The molecule has 0 saturated carbocycles. The predicted molar refractivity (Wildman–Crippen MR) is 46.6 cm³/mol.